The minimum absolute atomic E-state index is 0.146. The average Bonchev–Trinajstić information content (AvgIpc) is 2.43. The molecule has 0 bridgehead atoms. The van der Waals surface area contributed by atoms with E-state index in [9.17, 15) is 22.0 Å². The molecule has 0 saturated carbocycles. The van der Waals surface area contributed by atoms with Gasteiger partial charge in [0.05, 0.1) is 0 Å². The molecule has 0 amide bonds. The van der Waals surface area contributed by atoms with E-state index >= 15 is 0 Å². The average molecular weight is 291 g/mol. The van der Waals surface area contributed by atoms with E-state index in [2.05, 4.69) is 17.2 Å². The van der Waals surface area contributed by atoms with Gasteiger partial charge in [-0.25, -0.2) is 22.0 Å². The second-order valence-electron chi connectivity index (χ2n) is 4.06. The lowest BCUT2D eigenvalue weighted by Crippen LogP contribution is -2.24. The molecule has 1 unspecified atom stereocenters. The van der Waals surface area contributed by atoms with Crippen LogP contribution < -0.4 is 5.32 Å². The van der Waals surface area contributed by atoms with E-state index < -0.39 is 40.7 Å². The fourth-order valence-electron chi connectivity index (χ4n) is 1.86. The van der Waals surface area contributed by atoms with Gasteiger partial charge in [0.15, 0.2) is 23.3 Å². The van der Waals surface area contributed by atoms with Crippen LogP contribution in [0.25, 0.3) is 0 Å². The standard InChI is InChI=1S/C14H14F5N/c1-3-5-6-7-8(20-4-2)9-10(15)12(17)14(19)13(18)11(9)16/h8,20H,4,6-7H2,1-2H3. The van der Waals surface area contributed by atoms with Crippen LogP contribution >= 0.6 is 0 Å². The summed E-state index contributed by atoms with van der Waals surface area (Å²) in [5, 5.41) is 2.71. The van der Waals surface area contributed by atoms with Crippen LogP contribution in [0.15, 0.2) is 0 Å². The molecule has 20 heavy (non-hydrogen) atoms. The molecule has 0 fully saturated rings. The quantitative estimate of drug-likeness (QED) is 0.376. The molecule has 0 aromatic heterocycles. The van der Waals surface area contributed by atoms with Gasteiger partial charge in [-0.3, -0.25) is 0 Å². The molecule has 0 aliphatic carbocycles. The lowest BCUT2D eigenvalue weighted by molar-refractivity contribution is 0.353. The van der Waals surface area contributed by atoms with E-state index in [0.29, 0.717) is 6.54 Å². The SMILES string of the molecule is CC#CCCC(NCC)c1c(F)c(F)c(F)c(F)c1F. The third-order valence-electron chi connectivity index (χ3n) is 2.78. The lowest BCUT2D eigenvalue weighted by atomic mass is 10.00. The minimum atomic E-state index is -2.15. The van der Waals surface area contributed by atoms with Gasteiger partial charge in [-0.05, 0) is 19.9 Å². The molecule has 0 heterocycles. The summed E-state index contributed by atoms with van der Waals surface area (Å²) in [6.45, 7) is 3.59. The van der Waals surface area contributed by atoms with Gasteiger partial charge >= 0.3 is 0 Å². The Kier molecular flexibility index (Phi) is 5.96. The van der Waals surface area contributed by atoms with Gasteiger partial charge in [0.2, 0.25) is 5.82 Å². The zero-order valence-electron chi connectivity index (χ0n) is 11.1. The van der Waals surface area contributed by atoms with Crippen LogP contribution in [0.2, 0.25) is 0 Å². The summed E-state index contributed by atoms with van der Waals surface area (Å²) in [4.78, 5) is 0. The van der Waals surface area contributed by atoms with Gasteiger partial charge < -0.3 is 5.32 Å². The number of benzene rings is 1. The number of nitrogens with one attached hydrogen (secondary N) is 1. The zero-order chi connectivity index (χ0) is 15.3. The zero-order valence-corrected chi connectivity index (χ0v) is 11.1. The van der Waals surface area contributed by atoms with Crippen molar-refractivity contribution in [1.82, 2.24) is 5.32 Å². The first-order valence-electron chi connectivity index (χ1n) is 6.09. The van der Waals surface area contributed by atoms with Gasteiger partial charge in [-0.1, -0.05) is 6.92 Å². The largest absolute Gasteiger partial charge is 0.310 e. The Bertz CT molecular complexity index is 516. The summed E-state index contributed by atoms with van der Waals surface area (Å²) >= 11 is 0. The van der Waals surface area contributed by atoms with Crippen LogP contribution in [0.3, 0.4) is 0 Å². The molecule has 110 valence electrons. The summed E-state index contributed by atoms with van der Waals surface area (Å²) in [6, 6.07) is -0.981. The van der Waals surface area contributed by atoms with Crippen molar-refractivity contribution in [1.29, 1.82) is 0 Å². The first-order valence-corrected chi connectivity index (χ1v) is 6.09. The molecule has 0 aliphatic heterocycles. The summed E-state index contributed by atoms with van der Waals surface area (Å²) in [6.07, 6.45) is 0.431. The molecular formula is C14H14F5N. The van der Waals surface area contributed by atoms with Crippen LogP contribution in [-0.4, -0.2) is 6.54 Å². The van der Waals surface area contributed by atoms with Gasteiger partial charge in [-0.2, -0.15) is 0 Å². The molecule has 1 nitrogen and oxygen atoms in total. The molecule has 1 aromatic rings. The van der Waals surface area contributed by atoms with Crippen molar-refractivity contribution >= 4 is 0 Å². The predicted octanol–water partition coefficient (Wildman–Crippen LogP) is 3.84. The molecular weight excluding hydrogens is 277 g/mol. The number of hydrogen-bond donors (Lipinski definition) is 1. The van der Waals surface area contributed by atoms with Crippen molar-refractivity contribution in [3.05, 3.63) is 34.6 Å². The third-order valence-corrected chi connectivity index (χ3v) is 2.78. The Morgan fingerprint density at radius 1 is 0.950 bits per heavy atom. The Hall–Kier alpha value is -1.61. The van der Waals surface area contributed by atoms with Gasteiger partial charge in [0.25, 0.3) is 0 Å². The smallest absolute Gasteiger partial charge is 0.200 e. The first kappa shape index (κ1) is 16.4. The Labute approximate surface area is 114 Å². The maximum absolute atomic E-state index is 13.7. The van der Waals surface area contributed by atoms with Gasteiger partial charge in [-0.15, -0.1) is 11.8 Å². The topological polar surface area (TPSA) is 12.0 Å². The maximum atomic E-state index is 13.7. The van der Waals surface area contributed by atoms with E-state index in [4.69, 9.17) is 0 Å². The monoisotopic (exact) mass is 291 g/mol. The van der Waals surface area contributed by atoms with Crippen LogP contribution in [0.1, 0.15) is 38.3 Å². The third kappa shape index (κ3) is 3.28. The Balaban J connectivity index is 3.27. The molecule has 1 aromatic carbocycles. The lowest BCUT2D eigenvalue weighted by Gasteiger charge is -2.19. The van der Waals surface area contributed by atoms with Gasteiger partial charge in [0, 0.05) is 18.0 Å². The Morgan fingerprint density at radius 2 is 1.45 bits per heavy atom. The van der Waals surface area contributed by atoms with E-state index in [1.165, 1.54) is 0 Å². The highest BCUT2D eigenvalue weighted by Crippen LogP contribution is 2.29. The summed E-state index contributed by atoms with van der Waals surface area (Å²) in [7, 11) is 0. The molecule has 0 spiro atoms. The molecule has 1 N–H and O–H groups in total. The van der Waals surface area contributed by atoms with Crippen molar-refractivity contribution < 1.29 is 22.0 Å². The second kappa shape index (κ2) is 7.25. The molecule has 0 radical (unpaired) electrons. The molecule has 0 aliphatic rings. The highest BCUT2D eigenvalue weighted by molar-refractivity contribution is 5.27. The second-order valence-corrected chi connectivity index (χ2v) is 4.06. The minimum Gasteiger partial charge on any atom is -0.310 e. The summed E-state index contributed by atoms with van der Waals surface area (Å²) < 4.78 is 66.7. The van der Waals surface area contributed by atoms with Crippen LogP contribution in [0, 0.1) is 40.9 Å². The fourth-order valence-corrected chi connectivity index (χ4v) is 1.86. The van der Waals surface area contributed by atoms with E-state index in [1.807, 2.05) is 0 Å². The van der Waals surface area contributed by atoms with Crippen LogP contribution in [-0.2, 0) is 0 Å². The first-order chi connectivity index (χ1) is 9.45. The summed E-state index contributed by atoms with van der Waals surface area (Å²) in [5.41, 5.74) is -0.832. The van der Waals surface area contributed by atoms with Crippen molar-refractivity contribution in [2.24, 2.45) is 0 Å². The number of hydrogen-bond acceptors (Lipinski definition) is 1. The number of halogens is 5. The van der Waals surface area contributed by atoms with Gasteiger partial charge in [0.1, 0.15) is 0 Å². The number of rotatable bonds is 5. The maximum Gasteiger partial charge on any atom is 0.200 e. The molecule has 1 rings (SSSR count). The Morgan fingerprint density at radius 3 is 1.90 bits per heavy atom. The van der Waals surface area contributed by atoms with Crippen molar-refractivity contribution in [2.45, 2.75) is 32.7 Å². The molecule has 1 atom stereocenters. The highest BCUT2D eigenvalue weighted by Gasteiger charge is 2.29. The van der Waals surface area contributed by atoms with E-state index in [-0.39, 0.29) is 12.8 Å². The predicted molar refractivity (Wildman–Crippen MR) is 65.3 cm³/mol. The highest BCUT2D eigenvalue weighted by atomic mass is 19.2. The van der Waals surface area contributed by atoms with Crippen molar-refractivity contribution in [2.75, 3.05) is 6.54 Å². The van der Waals surface area contributed by atoms with Crippen molar-refractivity contribution in [3.63, 3.8) is 0 Å². The van der Waals surface area contributed by atoms with Crippen LogP contribution in [0.5, 0.6) is 0 Å². The van der Waals surface area contributed by atoms with Crippen molar-refractivity contribution in [3.8, 4) is 11.8 Å². The van der Waals surface area contributed by atoms with Crippen LogP contribution in [0.4, 0.5) is 22.0 Å². The fraction of sp³-hybridized carbons (Fsp3) is 0.429. The molecule has 6 heteroatoms. The molecule has 0 saturated heterocycles. The van der Waals surface area contributed by atoms with E-state index in [0.717, 1.165) is 0 Å². The summed E-state index contributed by atoms with van der Waals surface area (Å²) in [5.74, 6) is -4.30. The van der Waals surface area contributed by atoms with E-state index in [1.54, 1.807) is 13.8 Å². The normalized spacial score (nSPS) is 11.9.